The van der Waals surface area contributed by atoms with E-state index < -0.39 is 11.5 Å². The summed E-state index contributed by atoms with van der Waals surface area (Å²) in [5, 5.41) is 21.1. The monoisotopic (exact) mass is 242 g/mol. The van der Waals surface area contributed by atoms with Crippen LogP contribution in [0.4, 0.5) is 4.79 Å². The number of hydrogen-bond donors (Lipinski definition) is 3. The molecule has 0 aromatic heterocycles. The number of piperidine rings is 1. The van der Waals surface area contributed by atoms with Crippen LogP contribution >= 0.6 is 0 Å². The van der Waals surface area contributed by atoms with Crippen molar-refractivity contribution in [2.45, 2.75) is 43.7 Å². The molecule has 0 radical (unpaired) electrons. The van der Waals surface area contributed by atoms with Gasteiger partial charge in [-0.1, -0.05) is 0 Å². The van der Waals surface area contributed by atoms with E-state index in [1.54, 1.807) is 4.90 Å². The van der Waals surface area contributed by atoms with Gasteiger partial charge in [0.25, 0.3) is 0 Å². The molecule has 0 bridgehead atoms. The van der Waals surface area contributed by atoms with Crippen molar-refractivity contribution in [3.63, 3.8) is 0 Å². The van der Waals surface area contributed by atoms with Gasteiger partial charge in [0.1, 0.15) is 5.54 Å². The molecule has 0 atom stereocenters. The van der Waals surface area contributed by atoms with Gasteiger partial charge >= 0.3 is 12.0 Å². The average molecular weight is 242 g/mol. The van der Waals surface area contributed by atoms with Crippen molar-refractivity contribution in [3.05, 3.63) is 0 Å². The van der Waals surface area contributed by atoms with Gasteiger partial charge < -0.3 is 20.4 Å². The topological polar surface area (TPSA) is 89.9 Å². The number of carboxylic acids is 1. The Labute approximate surface area is 99.6 Å². The number of aliphatic hydroxyl groups is 1. The number of likely N-dealkylation sites (tertiary alicyclic amines) is 1. The van der Waals surface area contributed by atoms with Gasteiger partial charge in [0.15, 0.2) is 0 Å². The number of carbonyl (C=O) groups is 2. The van der Waals surface area contributed by atoms with Crippen LogP contribution in [0.5, 0.6) is 0 Å². The van der Waals surface area contributed by atoms with Gasteiger partial charge in [0, 0.05) is 13.1 Å². The van der Waals surface area contributed by atoms with Gasteiger partial charge in [0.05, 0.1) is 6.10 Å². The Morgan fingerprint density at radius 1 is 1.24 bits per heavy atom. The zero-order chi connectivity index (χ0) is 12.5. The highest BCUT2D eigenvalue weighted by Gasteiger charge is 2.46. The number of amides is 2. The highest BCUT2D eigenvalue weighted by atomic mass is 16.4. The minimum Gasteiger partial charge on any atom is -0.480 e. The van der Waals surface area contributed by atoms with Crippen LogP contribution in [-0.2, 0) is 4.79 Å². The van der Waals surface area contributed by atoms with Gasteiger partial charge in [-0.25, -0.2) is 9.59 Å². The molecule has 0 spiro atoms. The molecule has 1 saturated heterocycles. The fraction of sp³-hybridized carbons (Fsp3) is 0.818. The van der Waals surface area contributed by atoms with Gasteiger partial charge in [-0.2, -0.15) is 0 Å². The Kier molecular flexibility index (Phi) is 3.24. The number of carbonyl (C=O) groups excluding carboxylic acids is 1. The Morgan fingerprint density at radius 3 is 2.24 bits per heavy atom. The Bertz CT molecular complexity index is 319. The molecule has 1 saturated carbocycles. The second kappa shape index (κ2) is 4.52. The third-order valence-electron chi connectivity index (χ3n) is 3.71. The van der Waals surface area contributed by atoms with Crippen LogP contribution in [0.2, 0.25) is 0 Å². The van der Waals surface area contributed by atoms with Crippen molar-refractivity contribution in [2.75, 3.05) is 13.1 Å². The summed E-state index contributed by atoms with van der Waals surface area (Å²) in [6, 6.07) is -0.320. The summed E-state index contributed by atoms with van der Waals surface area (Å²) in [5.41, 5.74) is -1.05. The standard InChI is InChI=1S/C11H18N2O4/c14-8-2-6-13(7-3-8)10(17)12-11(9(15)16)4-1-5-11/h8,14H,1-7H2,(H,12,17)(H,15,16). The Hall–Kier alpha value is -1.30. The van der Waals surface area contributed by atoms with Crippen molar-refractivity contribution in [2.24, 2.45) is 0 Å². The van der Waals surface area contributed by atoms with E-state index in [9.17, 15) is 14.7 Å². The van der Waals surface area contributed by atoms with E-state index in [-0.39, 0.29) is 12.1 Å². The minimum absolute atomic E-state index is 0.320. The highest BCUT2D eigenvalue weighted by molar-refractivity contribution is 5.87. The summed E-state index contributed by atoms with van der Waals surface area (Å²) in [6.45, 7) is 0.978. The van der Waals surface area contributed by atoms with Crippen LogP contribution in [0.15, 0.2) is 0 Å². The first-order valence-electron chi connectivity index (χ1n) is 6.02. The maximum absolute atomic E-state index is 11.9. The highest BCUT2D eigenvalue weighted by Crippen LogP contribution is 2.32. The maximum atomic E-state index is 11.9. The summed E-state index contributed by atoms with van der Waals surface area (Å²) in [6.07, 6.45) is 2.64. The van der Waals surface area contributed by atoms with Crippen molar-refractivity contribution in [1.29, 1.82) is 0 Å². The number of carboxylic acid groups (broad SMARTS) is 1. The van der Waals surface area contributed by atoms with E-state index in [1.807, 2.05) is 0 Å². The van der Waals surface area contributed by atoms with Crippen LogP contribution in [0.1, 0.15) is 32.1 Å². The van der Waals surface area contributed by atoms with E-state index in [4.69, 9.17) is 5.11 Å². The van der Waals surface area contributed by atoms with E-state index in [0.717, 1.165) is 6.42 Å². The molecule has 1 heterocycles. The molecule has 2 rings (SSSR count). The fourth-order valence-electron chi connectivity index (χ4n) is 2.28. The molecule has 96 valence electrons. The molecule has 2 aliphatic rings. The van der Waals surface area contributed by atoms with E-state index in [2.05, 4.69) is 5.32 Å². The summed E-state index contributed by atoms with van der Waals surface area (Å²) >= 11 is 0. The lowest BCUT2D eigenvalue weighted by Gasteiger charge is -2.40. The zero-order valence-electron chi connectivity index (χ0n) is 9.69. The van der Waals surface area contributed by atoms with Gasteiger partial charge in [-0.3, -0.25) is 0 Å². The smallest absolute Gasteiger partial charge is 0.329 e. The molecule has 6 heteroatoms. The number of nitrogens with zero attached hydrogens (tertiary/aromatic N) is 1. The fourth-order valence-corrected chi connectivity index (χ4v) is 2.28. The molecule has 17 heavy (non-hydrogen) atoms. The number of urea groups is 1. The van der Waals surface area contributed by atoms with E-state index in [0.29, 0.717) is 38.8 Å². The quantitative estimate of drug-likeness (QED) is 0.643. The molecular weight excluding hydrogens is 224 g/mol. The average Bonchev–Trinajstić information content (AvgIpc) is 2.23. The number of aliphatic carboxylic acids is 1. The molecule has 0 aromatic rings. The minimum atomic E-state index is -1.05. The molecule has 0 unspecified atom stereocenters. The Balaban J connectivity index is 1.90. The van der Waals surface area contributed by atoms with Crippen molar-refractivity contribution in [3.8, 4) is 0 Å². The molecule has 6 nitrogen and oxygen atoms in total. The first kappa shape index (κ1) is 12.2. The first-order chi connectivity index (χ1) is 8.03. The van der Waals surface area contributed by atoms with Crippen LogP contribution in [0.25, 0.3) is 0 Å². The number of nitrogens with one attached hydrogen (secondary N) is 1. The lowest BCUT2D eigenvalue weighted by molar-refractivity contribution is -0.148. The first-order valence-corrected chi connectivity index (χ1v) is 6.02. The molecule has 3 N–H and O–H groups in total. The number of rotatable bonds is 2. The van der Waals surface area contributed by atoms with Crippen molar-refractivity contribution < 1.29 is 19.8 Å². The van der Waals surface area contributed by atoms with Crippen LogP contribution in [-0.4, -0.2) is 51.8 Å². The molecule has 2 amide bonds. The molecule has 0 aromatic carbocycles. The van der Waals surface area contributed by atoms with Crippen LogP contribution in [0, 0.1) is 0 Å². The SMILES string of the molecule is O=C(NC1(C(=O)O)CCC1)N1CCC(O)CC1. The normalized spacial score (nSPS) is 23.9. The third-order valence-corrected chi connectivity index (χ3v) is 3.71. The molecule has 1 aliphatic heterocycles. The lowest BCUT2D eigenvalue weighted by atomic mass is 9.77. The summed E-state index contributed by atoms with van der Waals surface area (Å²) < 4.78 is 0. The number of aliphatic hydroxyl groups excluding tert-OH is 1. The molecular formula is C11H18N2O4. The van der Waals surface area contributed by atoms with Crippen molar-refractivity contribution >= 4 is 12.0 Å². The number of hydrogen-bond acceptors (Lipinski definition) is 3. The van der Waals surface area contributed by atoms with Crippen LogP contribution in [0.3, 0.4) is 0 Å². The maximum Gasteiger partial charge on any atom is 0.329 e. The van der Waals surface area contributed by atoms with Crippen molar-refractivity contribution in [1.82, 2.24) is 10.2 Å². The predicted octanol–water partition coefficient (Wildman–Crippen LogP) is 0.160. The second-order valence-corrected chi connectivity index (χ2v) is 4.89. The van der Waals surface area contributed by atoms with Gasteiger partial charge in [0.2, 0.25) is 0 Å². The van der Waals surface area contributed by atoms with Gasteiger partial charge in [-0.05, 0) is 32.1 Å². The molecule has 1 aliphatic carbocycles. The summed E-state index contributed by atoms with van der Waals surface area (Å²) in [7, 11) is 0. The Morgan fingerprint density at radius 2 is 1.82 bits per heavy atom. The zero-order valence-corrected chi connectivity index (χ0v) is 9.69. The largest absolute Gasteiger partial charge is 0.480 e. The van der Waals surface area contributed by atoms with Gasteiger partial charge in [-0.15, -0.1) is 0 Å². The summed E-state index contributed by atoms with van der Waals surface area (Å²) in [5.74, 6) is -0.950. The predicted molar refractivity (Wildman–Crippen MR) is 59.6 cm³/mol. The van der Waals surface area contributed by atoms with E-state index in [1.165, 1.54) is 0 Å². The molecule has 2 fully saturated rings. The lowest BCUT2D eigenvalue weighted by Crippen LogP contribution is -2.62. The second-order valence-electron chi connectivity index (χ2n) is 4.89. The third kappa shape index (κ3) is 2.36. The van der Waals surface area contributed by atoms with E-state index >= 15 is 0 Å². The summed E-state index contributed by atoms with van der Waals surface area (Å²) in [4.78, 5) is 24.6. The van der Waals surface area contributed by atoms with Crippen LogP contribution < -0.4 is 5.32 Å².